The summed E-state index contributed by atoms with van der Waals surface area (Å²) in [5, 5.41) is 11.9. The Bertz CT molecular complexity index is 976. The summed E-state index contributed by atoms with van der Waals surface area (Å²) in [5.74, 6) is -0.446. The molecule has 7 heteroatoms. The van der Waals surface area contributed by atoms with Crippen molar-refractivity contribution < 1.29 is 9.21 Å². The van der Waals surface area contributed by atoms with E-state index in [0.717, 1.165) is 0 Å². The fourth-order valence-electron chi connectivity index (χ4n) is 1.97. The second-order valence-electron chi connectivity index (χ2n) is 4.46. The fourth-order valence-corrected chi connectivity index (χ4v) is 1.97. The van der Waals surface area contributed by atoms with Gasteiger partial charge in [0, 0.05) is 5.39 Å². The standard InChI is InChI=1S/C16H9N3O3.ClH/c17-9-11-5-3-7-14(18-11)19-15(20)12-8-10-4-1-2-6-13(10)22-16(12)21;/h1-8H,(H,18,19,20);1H. The summed E-state index contributed by atoms with van der Waals surface area (Å²) in [7, 11) is 0. The van der Waals surface area contributed by atoms with Gasteiger partial charge in [0.2, 0.25) is 0 Å². The summed E-state index contributed by atoms with van der Waals surface area (Å²) in [5.41, 5.74) is -0.271. The summed E-state index contributed by atoms with van der Waals surface area (Å²) in [6.07, 6.45) is 0. The van der Waals surface area contributed by atoms with Crippen LogP contribution >= 0.6 is 12.4 Å². The number of nitrogens with zero attached hydrogens (tertiary/aromatic N) is 2. The van der Waals surface area contributed by atoms with Crippen LogP contribution in [-0.2, 0) is 0 Å². The first-order valence-corrected chi connectivity index (χ1v) is 6.39. The molecule has 0 spiro atoms. The first-order chi connectivity index (χ1) is 10.7. The molecule has 2 heterocycles. The van der Waals surface area contributed by atoms with E-state index >= 15 is 0 Å². The molecule has 114 valence electrons. The molecule has 0 saturated carbocycles. The third-order valence-corrected chi connectivity index (χ3v) is 2.99. The Kier molecular flexibility index (Phi) is 4.74. The van der Waals surface area contributed by atoms with Gasteiger partial charge in [-0.2, -0.15) is 5.26 Å². The van der Waals surface area contributed by atoms with Crippen molar-refractivity contribution in [1.82, 2.24) is 4.98 Å². The van der Waals surface area contributed by atoms with E-state index in [9.17, 15) is 9.59 Å². The number of amides is 1. The normalized spacial score (nSPS) is 9.70. The number of para-hydroxylation sites is 1. The predicted octanol–water partition coefficient (Wildman–Crippen LogP) is 2.73. The number of rotatable bonds is 2. The molecule has 0 bridgehead atoms. The van der Waals surface area contributed by atoms with Gasteiger partial charge in [-0.15, -0.1) is 12.4 Å². The zero-order valence-corrected chi connectivity index (χ0v) is 12.5. The highest BCUT2D eigenvalue weighted by molar-refractivity contribution is 6.04. The molecule has 0 aliphatic rings. The maximum Gasteiger partial charge on any atom is 0.349 e. The lowest BCUT2D eigenvalue weighted by molar-refractivity contribution is 0.102. The lowest BCUT2D eigenvalue weighted by Gasteiger charge is -2.04. The molecule has 0 aliphatic heterocycles. The van der Waals surface area contributed by atoms with E-state index in [0.29, 0.717) is 11.0 Å². The van der Waals surface area contributed by atoms with Gasteiger partial charge in [0.05, 0.1) is 0 Å². The zero-order valence-electron chi connectivity index (χ0n) is 11.6. The molecule has 0 saturated heterocycles. The van der Waals surface area contributed by atoms with E-state index in [1.165, 1.54) is 18.2 Å². The first-order valence-electron chi connectivity index (χ1n) is 6.39. The van der Waals surface area contributed by atoms with Crippen molar-refractivity contribution in [3.05, 3.63) is 70.2 Å². The van der Waals surface area contributed by atoms with Crippen LogP contribution in [0.25, 0.3) is 11.0 Å². The summed E-state index contributed by atoms with van der Waals surface area (Å²) < 4.78 is 5.11. The molecule has 2 aromatic heterocycles. The number of anilines is 1. The molecule has 3 aromatic rings. The molecule has 0 fully saturated rings. The Balaban J connectivity index is 0.00000192. The SMILES string of the molecule is Cl.N#Cc1cccc(NC(=O)c2cc3ccccc3oc2=O)n1. The summed E-state index contributed by atoms with van der Waals surface area (Å²) >= 11 is 0. The van der Waals surface area contributed by atoms with Crippen LogP contribution in [0.4, 0.5) is 5.82 Å². The minimum atomic E-state index is -0.729. The topological polar surface area (TPSA) is 96.0 Å². The van der Waals surface area contributed by atoms with Crippen LogP contribution < -0.4 is 10.9 Å². The number of hydrogen-bond acceptors (Lipinski definition) is 5. The van der Waals surface area contributed by atoms with Crippen molar-refractivity contribution >= 4 is 35.1 Å². The van der Waals surface area contributed by atoms with Crippen molar-refractivity contribution in [1.29, 1.82) is 5.26 Å². The second kappa shape index (κ2) is 6.73. The Morgan fingerprint density at radius 2 is 1.96 bits per heavy atom. The number of hydrogen-bond donors (Lipinski definition) is 1. The van der Waals surface area contributed by atoms with Crippen LogP contribution in [0.15, 0.2) is 57.7 Å². The molecule has 6 nitrogen and oxygen atoms in total. The van der Waals surface area contributed by atoms with Crippen LogP contribution in [0.2, 0.25) is 0 Å². The van der Waals surface area contributed by atoms with Crippen molar-refractivity contribution in [3.8, 4) is 6.07 Å². The molecule has 1 amide bonds. The van der Waals surface area contributed by atoms with Crippen LogP contribution in [0.5, 0.6) is 0 Å². The Morgan fingerprint density at radius 1 is 1.17 bits per heavy atom. The van der Waals surface area contributed by atoms with Gasteiger partial charge in [-0.3, -0.25) is 4.79 Å². The third kappa shape index (κ3) is 3.36. The van der Waals surface area contributed by atoms with E-state index in [2.05, 4.69) is 10.3 Å². The number of nitriles is 1. The quantitative estimate of drug-likeness (QED) is 0.730. The Hall–Kier alpha value is -3.17. The minimum Gasteiger partial charge on any atom is -0.422 e. The van der Waals surface area contributed by atoms with Crippen LogP contribution in [0.1, 0.15) is 16.1 Å². The molecule has 23 heavy (non-hydrogen) atoms. The van der Waals surface area contributed by atoms with Gasteiger partial charge < -0.3 is 9.73 Å². The molecular formula is C16H10ClN3O3. The van der Waals surface area contributed by atoms with Crippen molar-refractivity contribution in [2.24, 2.45) is 0 Å². The summed E-state index contributed by atoms with van der Waals surface area (Å²) in [6.45, 7) is 0. The monoisotopic (exact) mass is 327 g/mol. The molecular weight excluding hydrogens is 318 g/mol. The van der Waals surface area contributed by atoms with Gasteiger partial charge >= 0.3 is 5.63 Å². The highest BCUT2D eigenvalue weighted by Crippen LogP contribution is 2.13. The van der Waals surface area contributed by atoms with Crippen molar-refractivity contribution in [3.63, 3.8) is 0 Å². The average Bonchev–Trinajstić information content (AvgIpc) is 2.54. The molecule has 3 rings (SSSR count). The number of halogens is 1. The highest BCUT2D eigenvalue weighted by atomic mass is 35.5. The van der Waals surface area contributed by atoms with Crippen molar-refractivity contribution in [2.45, 2.75) is 0 Å². The van der Waals surface area contributed by atoms with E-state index in [4.69, 9.17) is 9.68 Å². The summed E-state index contributed by atoms with van der Waals surface area (Å²) in [4.78, 5) is 28.0. The Labute approximate surface area is 136 Å². The number of fused-ring (bicyclic) bond motifs is 1. The van der Waals surface area contributed by atoms with E-state index in [1.807, 2.05) is 6.07 Å². The lowest BCUT2D eigenvalue weighted by Crippen LogP contribution is -2.21. The van der Waals surface area contributed by atoms with Gasteiger partial charge in [-0.25, -0.2) is 9.78 Å². The van der Waals surface area contributed by atoms with E-state index in [1.54, 1.807) is 30.3 Å². The number of carbonyl (C=O) groups excluding carboxylic acids is 1. The van der Waals surface area contributed by atoms with Gasteiger partial charge in [0.25, 0.3) is 5.91 Å². The smallest absolute Gasteiger partial charge is 0.349 e. The molecule has 0 unspecified atom stereocenters. The molecule has 0 radical (unpaired) electrons. The van der Waals surface area contributed by atoms with E-state index in [-0.39, 0.29) is 29.5 Å². The zero-order chi connectivity index (χ0) is 15.5. The Morgan fingerprint density at radius 3 is 2.74 bits per heavy atom. The maximum atomic E-state index is 12.2. The number of pyridine rings is 1. The molecule has 1 N–H and O–H groups in total. The van der Waals surface area contributed by atoms with Gasteiger partial charge in [-0.05, 0) is 24.3 Å². The number of benzene rings is 1. The van der Waals surface area contributed by atoms with Crippen LogP contribution in [0, 0.1) is 11.3 Å². The third-order valence-electron chi connectivity index (χ3n) is 2.99. The second-order valence-corrected chi connectivity index (χ2v) is 4.46. The minimum absolute atomic E-state index is 0. The highest BCUT2D eigenvalue weighted by Gasteiger charge is 2.14. The van der Waals surface area contributed by atoms with E-state index < -0.39 is 11.5 Å². The van der Waals surface area contributed by atoms with Gasteiger partial charge in [-0.1, -0.05) is 24.3 Å². The van der Waals surface area contributed by atoms with Gasteiger partial charge in [0.1, 0.15) is 28.7 Å². The predicted molar refractivity (Wildman–Crippen MR) is 86.6 cm³/mol. The van der Waals surface area contributed by atoms with Gasteiger partial charge in [0.15, 0.2) is 0 Å². The first kappa shape index (κ1) is 16.2. The fraction of sp³-hybridized carbons (Fsp3) is 0. The lowest BCUT2D eigenvalue weighted by atomic mass is 10.2. The number of carbonyl (C=O) groups is 1. The number of nitrogens with one attached hydrogen (secondary N) is 1. The molecule has 0 aliphatic carbocycles. The van der Waals surface area contributed by atoms with Crippen LogP contribution in [0.3, 0.4) is 0 Å². The average molecular weight is 328 g/mol. The molecule has 0 atom stereocenters. The largest absolute Gasteiger partial charge is 0.422 e. The van der Waals surface area contributed by atoms with Crippen LogP contribution in [-0.4, -0.2) is 10.9 Å². The van der Waals surface area contributed by atoms with Crippen molar-refractivity contribution in [2.75, 3.05) is 5.32 Å². The molecule has 1 aromatic carbocycles. The maximum absolute atomic E-state index is 12.2. The summed E-state index contributed by atoms with van der Waals surface area (Å²) in [6, 6.07) is 14.9. The number of aromatic nitrogens is 1.